The maximum atomic E-state index is 5.57. The molecule has 0 amide bonds. The zero-order valence-electron chi connectivity index (χ0n) is 17.5. The lowest BCUT2D eigenvalue weighted by Gasteiger charge is -2.34. The lowest BCUT2D eigenvalue weighted by molar-refractivity contribution is 0.356. The van der Waals surface area contributed by atoms with E-state index in [0.29, 0.717) is 6.04 Å². The van der Waals surface area contributed by atoms with Crippen LogP contribution >= 0.6 is 0 Å². The van der Waals surface area contributed by atoms with Crippen molar-refractivity contribution in [2.24, 2.45) is 0 Å². The van der Waals surface area contributed by atoms with Gasteiger partial charge in [-0.25, -0.2) is 0 Å². The van der Waals surface area contributed by atoms with Crippen LogP contribution in [0.1, 0.15) is 30.5 Å². The molecule has 2 aliphatic rings. The number of pyridine rings is 1. The predicted molar refractivity (Wildman–Crippen MR) is 118 cm³/mol. The van der Waals surface area contributed by atoms with Gasteiger partial charge in [-0.05, 0) is 61.9 Å². The standard InChI is InChI=1S/C24H26N4O2/c1-29-21-14-18-20(15-22(21)30-2)27-19-7-5-6-17(19)24(18)26-16-9-12-28(13-10-16)23-8-3-4-11-25-23/h3,8,14-16H,5-7,9-10,12-13H2,1-2H3,(H,26,27). The molecule has 0 radical (unpaired) electrons. The first-order chi connectivity index (χ1) is 14.8. The third-order valence-electron chi connectivity index (χ3n) is 6.24. The van der Waals surface area contributed by atoms with Crippen molar-refractivity contribution in [3.63, 3.8) is 0 Å². The molecule has 5 rings (SSSR count). The van der Waals surface area contributed by atoms with Crippen molar-refractivity contribution in [1.82, 2.24) is 9.97 Å². The molecule has 6 nitrogen and oxygen atoms in total. The predicted octanol–water partition coefficient (Wildman–Crippen LogP) is 3.82. The quantitative estimate of drug-likeness (QED) is 0.700. The Balaban J connectivity index is 1.44. The highest BCUT2D eigenvalue weighted by Crippen LogP contribution is 2.40. The van der Waals surface area contributed by atoms with E-state index < -0.39 is 0 Å². The summed E-state index contributed by atoms with van der Waals surface area (Å²) < 4.78 is 11.1. The van der Waals surface area contributed by atoms with E-state index in [-0.39, 0.29) is 0 Å². The number of piperidine rings is 1. The summed E-state index contributed by atoms with van der Waals surface area (Å²) in [6, 6.07) is 11.2. The Hall–Kier alpha value is -3.20. The number of aromatic nitrogens is 2. The molecule has 2 aromatic heterocycles. The van der Waals surface area contributed by atoms with E-state index in [1.165, 1.54) is 16.9 Å². The highest BCUT2D eigenvalue weighted by molar-refractivity contribution is 5.96. The number of hydrogen-bond donors (Lipinski definition) is 1. The van der Waals surface area contributed by atoms with Crippen molar-refractivity contribution in [1.29, 1.82) is 0 Å². The van der Waals surface area contributed by atoms with Gasteiger partial charge >= 0.3 is 0 Å². The Morgan fingerprint density at radius 2 is 1.90 bits per heavy atom. The van der Waals surface area contributed by atoms with Crippen LogP contribution in [0.4, 0.5) is 11.5 Å². The van der Waals surface area contributed by atoms with Crippen LogP contribution in [-0.4, -0.2) is 43.3 Å². The van der Waals surface area contributed by atoms with Gasteiger partial charge in [-0.1, -0.05) is 0 Å². The van der Waals surface area contributed by atoms with Crippen LogP contribution in [0.5, 0.6) is 11.5 Å². The van der Waals surface area contributed by atoms with E-state index in [2.05, 4.69) is 33.5 Å². The minimum Gasteiger partial charge on any atom is -0.493 e. The van der Waals surface area contributed by atoms with Gasteiger partial charge in [0.2, 0.25) is 0 Å². The van der Waals surface area contributed by atoms with Gasteiger partial charge in [-0.15, -0.1) is 0 Å². The zero-order valence-corrected chi connectivity index (χ0v) is 17.5. The van der Waals surface area contributed by atoms with Gasteiger partial charge in [0, 0.05) is 48.2 Å². The van der Waals surface area contributed by atoms with Crippen molar-refractivity contribution in [3.8, 4) is 11.5 Å². The average Bonchev–Trinajstić information content (AvgIpc) is 3.27. The molecule has 1 aromatic carbocycles. The zero-order chi connectivity index (χ0) is 20.5. The van der Waals surface area contributed by atoms with Gasteiger partial charge in [-0.2, -0.15) is 4.98 Å². The molecule has 0 unspecified atom stereocenters. The summed E-state index contributed by atoms with van der Waals surface area (Å²) >= 11 is 0. The number of nitrogens with zero attached hydrogens (tertiary/aromatic N) is 3. The van der Waals surface area contributed by atoms with Crippen molar-refractivity contribution in [2.75, 3.05) is 37.5 Å². The molecule has 30 heavy (non-hydrogen) atoms. The number of rotatable bonds is 5. The molecule has 6 heteroatoms. The molecule has 1 aliphatic heterocycles. The lowest BCUT2D eigenvalue weighted by Crippen LogP contribution is -2.39. The third-order valence-corrected chi connectivity index (χ3v) is 6.24. The van der Waals surface area contributed by atoms with Crippen LogP contribution in [-0.2, 0) is 12.8 Å². The van der Waals surface area contributed by atoms with Gasteiger partial charge in [0.05, 0.1) is 19.7 Å². The minimum absolute atomic E-state index is 0.420. The second-order valence-corrected chi connectivity index (χ2v) is 7.96. The molecule has 0 saturated carbocycles. The summed E-state index contributed by atoms with van der Waals surface area (Å²) in [5.74, 6) is 2.45. The molecule has 3 aromatic rings. The van der Waals surface area contributed by atoms with Crippen LogP contribution in [0, 0.1) is 12.3 Å². The second-order valence-electron chi connectivity index (χ2n) is 7.96. The summed E-state index contributed by atoms with van der Waals surface area (Å²) in [6.07, 6.45) is 8.22. The molecule has 1 N–H and O–H groups in total. The first kappa shape index (κ1) is 18.8. The molecular formula is C24H26N4O2. The number of benzene rings is 1. The third kappa shape index (κ3) is 3.35. The Bertz CT molecular complexity index is 1050. The molecule has 0 bridgehead atoms. The van der Waals surface area contributed by atoms with E-state index in [9.17, 15) is 0 Å². The summed E-state index contributed by atoms with van der Waals surface area (Å²) in [7, 11) is 3.35. The number of hydrogen-bond acceptors (Lipinski definition) is 6. The number of anilines is 2. The summed E-state index contributed by atoms with van der Waals surface area (Å²) in [5.41, 5.74) is 4.78. The van der Waals surface area contributed by atoms with Crippen LogP contribution in [0.2, 0.25) is 0 Å². The van der Waals surface area contributed by atoms with Crippen molar-refractivity contribution in [2.45, 2.75) is 38.1 Å². The molecule has 1 saturated heterocycles. The first-order valence-corrected chi connectivity index (χ1v) is 10.6. The van der Waals surface area contributed by atoms with E-state index in [4.69, 9.17) is 14.5 Å². The van der Waals surface area contributed by atoms with E-state index in [0.717, 1.165) is 73.4 Å². The Morgan fingerprint density at radius 3 is 2.63 bits per heavy atom. The fraction of sp³-hybridized carbons (Fsp3) is 0.417. The van der Waals surface area contributed by atoms with Crippen molar-refractivity contribution in [3.05, 3.63) is 47.8 Å². The molecular weight excluding hydrogens is 376 g/mol. The highest BCUT2D eigenvalue weighted by Gasteiger charge is 2.25. The van der Waals surface area contributed by atoms with Crippen molar-refractivity contribution >= 4 is 22.4 Å². The topological polar surface area (TPSA) is 59.5 Å². The number of fused-ring (bicyclic) bond motifs is 2. The Kier molecular flexibility index (Phi) is 4.96. The van der Waals surface area contributed by atoms with E-state index in [1.807, 2.05) is 18.2 Å². The second kappa shape index (κ2) is 7.91. The van der Waals surface area contributed by atoms with Gasteiger partial charge in [0.15, 0.2) is 11.5 Å². The first-order valence-electron chi connectivity index (χ1n) is 10.6. The summed E-state index contributed by atoms with van der Waals surface area (Å²) in [6.45, 7) is 1.95. The average molecular weight is 402 g/mol. The largest absolute Gasteiger partial charge is 0.493 e. The monoisotopic (exact) mass is 402 g/mol. The highest BCUT2D eigenvalue weighted by atomic mass is 16.5. The van der Waals surface area contributed by atoms with Crippen LogP contribution < -0.4 is 19.7 Å². The SMILES string of the molecule is COc1cc2nc3c(c(NC4CCN(c5ccc#cn5)CC4)c2cc1OC)CCC3. The van der Waals surface area contributed by atoms with Gasteiger partial charge < -0.3 is 19.7 Å². The smallest absolute Gasteiger partial charge is 0.162 e. The van der Waals surface area contributed by atoms with E-state index in [1.54, 1.807) is 14.2 Å². The molecule has 3 heterocycles. The fourth-order valence-electron chi connectivity index (χ4n) is 4.67. The minimum atomic E-state index is 0.420. The maximum absolute atomic E-state index is 5.57. The molecule has 154 valence electrons. The molecule has 1 aliphatic carbocycles. The molecule has 1 fully saturated rings. The van der Waals surface area contributed by atoms with Crippen LogP contribution in [0.3, 0.4) is 0 Å². The van der Waals surface area contributed by atoms with Gasteiger partial charge in [0.1, 0.15) is 5.82 Å². The maximum Gasteiger partial charge on any atom is 0.162 e. The molecule has 0 spiro atoms. The summed E-state index contributed by atoms with van der Waals surface area (Å²) in [4.78, 5) is 11.6. The number of ether oxygens (including phenoxy) is 2. The summed E-state index contributed by atoms with van der Waals surface area (Å²) in [5, 5.41) is 5.00. The fourth-order valence-corrected chi connectivity index (χ4v) is 4.67. The van der Waals surface area contributed by atoms with Crippen LogP contribution in [0.25, 0.3) is 10.9 Å². The van der Waals surface area contributed by atoms with Gasteiger partial charge in [-0.3, -0.25) is 4.98 Å². The Morgan fingerprint density at radius 1 is 1.10 bits per heavy atom. The van der Waals surface area contributed by atoms with Gasteiger partial charge in [0.25, 0.3) is 0 Å². The van der Waals surface area contributed by atoms with Crippen LogP contribution in [0.15, 0.2) is 24.3 Å². The number of methoxy groups -OCH3 is 2. The lowest BCUT2D eigenvalue weighted by atomic mass is 10.0. The Labute approximate surface area is 177 Å². The van der Waals surface area contributed by atoms with Crippen molar-refractivity contribution < 1.29 is 9.47 Å². The normalized spacial score (nSPS) is 16.3. The number of nitrogens with one attached hydrogen (secondary N) is 1. The number of aryl methyl sites for hydroxylation is 1. The molecule has 0 atom stereocenters. The van der Waals surface area contributed by atoms with E-state index >= 15 is 0 Å².